The number of nitrogens with one attached hydrogen (secondary N) is 1. The Morgan fingerprint density at radius 3 is 3.18 bits per heavy atom. The van der Waals surface area contributed by atoms with Crippen molar-refractivity contribution >= 4 is 5.91 Å². The van der Waals surface area contributed by atoms with Crippen molar-refractivity contribution in [2.75, 3.05) is 6.54 Å². The molecule has 2 unspecified atom stereocenters. The van der Waals surface area contributed by atoms with Crippen LogP contribution in [0, 0.1) is 0 Å². The van der Waals surface area contributed by atoms with Crippen LogP contribution in [0.2, 0.25) is 0 Å². The maximum Gasteiger partial charge on any atom is 0.240 e. The molecule has 0 aromatic carbocycles. The average molecular weight is 235 g/mol. The van der Waals surface area contributed by atoms with Crippen molar-refractivity contribution in [3.05, 3.63) is 24.0 Å². The fraction of sp³-hybridized carbons (Fsp3) is 0.615. The molecule has 3 N–H and O–H groups in total. The second-order valence-electron chi connectivity index (χ2n) is 4.71. The first-order valence-corrected chi connectivity index (χ1v) is 6.43. The molecule has 2 rings (SSSR count). The molecule has 4 nitrogen and oxygen atoms in total. The average Bonchev–Trinajstić information content (AvgIpc) is 2.98. The quantitative estimate of drug-likeness (QED) is 0.836. The van der Waals surface area contributed by atoms with Gasteiger partial charge in [-0.1, -0.05) is 13.3 Å². The Morgan fingerprint density at radius 1 is 1.71 bits per heavy atom. The molecule has 1 aliphatic rings. The van der Waals surface area contributed by atoms with E-state index in [4.69, 9.17) is 5.73 Å². The third-order valence-electron chi connectivity index (χ3n) is 3.43. The molecular weight excluding hydrogens is 214 g/mol. The molecule has 0 spiro atoms. The Kier molecular flexibility index (Phi) is 3.84. The van der Waals surface area contributed by atoms with E-state index in [0.717, 1.165) is 37.9 Å². The van der Waals surface area contributed by atoms with E-state index in [1.807, 2.05) is 23.2 Å². The molecule has 4 heteroatoms. The topological polar surface area (TPSA) is 62.1 Å². The van der Waals surface area contributed by atoms with Crippen LogP contribution in [0.3, 0.4) is 0 Å². The summed E-state index contributed by atoms with van der Waals surface area (Å²) in [4.78, 5) is 17.4. The van der Waals surface area contributed by atoms with E-state index >= 15 is 0 Å². The van der Waals surface area contributed by atoms with Gasteiger partial charge in [0.25, 0.3) is 0 Å². The number of nitrogens with two attached hydrogens (primary N) is 1. The number of amides is 1. The van der Waals surface area contributed by atoms with Crippen molar-refractivity contribution in [2.45, 2.75) is 44.7 Å². The van der Waals surface area contributed by atoms with Crippen LogP contribution in [0.4, 0.5) is 0 Å². The van der Waals surface area contributed by atoms with Crippen molar-refractivity contribution in [3.8, 4) is 0 Å². The van der Waals surface area contributed by atoms with Crippen LogP contribution in [0.1, 0.15) is 44.3 Å². The van der Waals surface area contributed by atoms with Crippen LogP contribution in [0.25, 0.3) is 0 Å². The van der Waals surface area contributed by atoms with Gasteiger partial charge in [-0.05, 0) is 31.4 Å². The molecule has 0 bridgehead atoms. The number of rotatable bonds is 4. The number of H-pyrrole nitrogens is 1. The molecular formula is C13H21N3O. The number of carbonyl (C=O) groups excluding carboxylic acids is 1. The van der Waals surface area contributed by atoms with Gasteiger partial charge >= 0.3 is 0 Å². The van der Waals surface area contributed by atoms with Crippen molar-refractivity contribution in [3.63, 3.8) is 0 Å². The van der Waals surface area contributed by atoms with Gasteiger partial charge in [-0.3, -0.25) is 4.79 Å². The second kappa shape index (κ2) is 5.36. The molecule has 1 amide bonds. The van der Waals surface area contributed by atoms with Gasteiger partial charge in [0.1, 0.15) is 0 Å². The Labute approximate surface area is 102 Å². The maximum absolute atomic E-state index is 12.2. The Morgan fingerprint density at radius 2 is 2.53 bits per heavy atom. The summed E-state index contributed by atoms with van der Waals surface area (Å²) in [6.07, 6.45) is 5.72. The summed E-state index contributed by atoms with van der Waals surface area (Å²) < 4.78 is 0. The van der Waals surface area contributed by atoms with Crippen LogP contribution in [-0.2, 0) is 4.79 Å². The monoisotopic (exact) mass is 235 g/mol. The third-order valence-corrected chi connectivity index (χ3v) is 3.43. The van der Waals surface area contributed by atoms with Gasteiger partial charge < -0.3 is 15.6 Å². The van der Waals surface area contributed by atoms with Crippen LogP contribution in [-0.4, -0.2) is 28.4 Å². The lowest BCUT2D eigenvalue weighted by molar-refractivity contribution is -0.133. The molecule has 1 aromatic heterocycles. The van der Waals surface area contributed by atoms with E-state index in [-0.39, 0.29) is 18.0 Å². The standard InChI is InChI=1S/C13H21N3O/c1-2-5-10(14)13(17)16-9-4-7-12(16)11-6-3-8-15-11/h3,6,8,10,12,15H,2,4-5,7,9,14H2,1H3. The summed E-state index contributed by atoms with van der Waals surface area (Å²) in [5.74, 6) is 0.101. The molecule has 0 radical (unpaired) electrons. The smallest absolute Gasteiger partial charge is 0.240 e. The maximum atomic E-state index is 12.2. The van der Waals surface area contributed by atoms with Gasteiger partial charge in [0.15, 0.2) is 0 Å². The van der Waals surface area contributed by atoms with E-state index < -0.39 is 0 Å². The molecule has 94 valence electrons. The number of likely N-dealkylation sites (tertiary alicyclic amines) is 1. The first-order chi connectivity index (χ1) is 8.24. The Bertz CT molecular complexity index is 361. The summed E-state index contributed by atoms with van der Waals surface area (Å²) >= 11 is 0. The summed E-state index contributed by atoms with van der Waals surface area (Å²) in [6.45, 7) is 2.89. The number of aromatic nitrogens is 1. The summed E-state index contributed by atoms with van der Waals surface area (Å²) in [5.41, 5.74) is 7.05. The normalized spacial score (nSPS) is 21.8. The molecule has 1 aromatic rings. The van der Waals surface area contributed by atoms with Crippen molar-refractivity contribution in [1.82, 2.24) is 9.88 Å². The highest BCUT2D eigenvalue weighted by molar-refractivity contribution is 5.82. The summed E-state index contributed by atoms with van der Waals surface area (Å²) in [5, 5.41) is 0. The van der Waals surface area contributed by atoms with Crippen LogP contribution in [0.15, 0.2) is 18.3 Å². The number of aromatic amines is 1. The number of nitrogens with zero attached hydrogens (tertiary/aromatic N) is 1. The molecule has 1 saturated heterocycles. The highest BCUT2D eigenvalue weighted by Crippen LogP contribution is 2.31. The first kappa shape index (κ1) is 12.2. The van der Waals surface area contributed by atoms with Gasteiger partial charge in [0.2, 0.25) is 5.91 Å². The van der Waals surface area contributed by atoms with Crippen LogP contribution < -0.4 is 5.73 Å². The van der Waals surface area contributed by atoms with Gasteiger partial charge in [0, 0.05) is 18.4 Å². The Balaban J connectivity index is 2.07. The highest BCUT2D eigenvalue weighted by Gasteiger charge is 2.32. The lowest BCUT2D eigenvalue weighted by Gasteiger charge is -2.26. The fourth-order valence-electron chi connectivity index (χ4n) is 2.55. The lowest BCUT2D eigenvalue weighted by Crippen LogP contribution is -2.43. The highest BCUT2D eigenvalue weighted by atomic mass is 16.2. The fourth-order valence-corrected chi connectivity index (χ4v) is 2.55. The van der Waals surface area contributed by atoms with Gasteiger partial charge in [-0.25, -0.2) is 0 Å². The molecule has 2 atom stereocenters. The molecule has 1 fully saturated rings. The number of hydrogen-bond acceptors (Lipinski definition) is 2. The van der Waals surface area contributed by atoms with Crippen molar-refractivity contribution in [2.24, 2.45) is 5.73 Å². The zero-order valence-electron chi connectivity index (χ0n) is 10.4. The summed E-state index contributed by atoms with van der Waals surface area (Å²) in [6, 6.07) is 3.88. The zero-order chi connectivity index (χ0) is 12.3. The predicted molar refractivity (Wildman–Crippen MR) is 67.4 cm³/mol. The predicted octanol–water partition coefficient (Wildman–Crippen LogP) is 1.81. The number of carbonyl (C=O) groups is 1. The van der Waals surface area contributed by atoms with Crippen molar-refractivity contribution in [1.29, 1.82) is 0 Å². The molecule has 17 heavy (non-hydrogen) atoms. The van der Waals surface area contributed by atoms with Gasteiger partial charge in [-0.2, -0.15) is 0 Å². The van der Waals surface area contributed by atoms with Gasteiger partial charge in [0.05, 0.1) is 12.1 Å². The largest absolute Gasteiger partial charge is 0.363 e. The lowest BCUT2D eigenvalue weighted by atomic mass is 10.1. The Hall–Kier alpha value is -1.29. The van der Waals surface area contributed by atoms with E-state index in [9.17, 15) is 4.79 Å². The second-order valence-corrected chi connectivity index (χ2v) is 4.71. The summed E-state index contributed by atoms with van der Waals surface area (Å²) in [7, 11) is 0. The zero-order valence-corrected chi connectivity index (χ0v) is 10.4. The minimum atomic E-state index is -0.337. The number of hydrogen-bond donors (Lipinski definition) is 2. The van der Waals surface area contributed by atoms with E-state index in [1.165, 1.54) is 0 Å². The van der Waals surface area contributed by atoms with Gasteiger partial charge in [-0.15, -0.1) is 0 Å². The van der Waals surface area contributed by atoms with Crippen molar-refractivity contribution < 1.29 is 4.79 Å². The van der Waals surface area contributed by atoms with E-state index in [2.05, 4.69) is 11.9 Å². The van der Waals surface area contributed by atoms with Crippen LogP contribution in [0.5, 0.6) is 0 Å². The minimum absolute atomic E-state index is 0.101. The SMILES string of the molecule is CCCC(N)C(=O)N1CCCC1c1ccc[nH]1. The van der Waals surface area contributed by atoms with Crippen LogP contribution >= 0.6 is 0 Å². The molecule has 1 aliphatic heterocycles. The molecule has 0 aliphatic carbocycles. The molecule has 2 heterocycles. The van der Waals surface area contributed by atoms with E-state index in [0.29, 0.717) is 0 Å². The van der Waals surface area contributed by atoms with E-state index in [1.54, 1.807) is 0 Å². The molecule has 0 saturated carbocycles. The third kappa shape index (κ3) is 2.52. The first-order valence-electron chi connectivity index (χ1n) is 6.43. The minimum Gasteiger partial charge on any atom is -0.363 e.